The van der Waals surface area contributed by atoms with E-state index in [-0.39, 0.29) is 11.8 Å². The lowest BCUT2D eigenvalue weighted by Crippen LogP contribution is -2.40. The Morgan fingerprint density at radius 2 is 2.15 bits per heavy atom. The van der Waals surface area contributed by atoms with Gasteiger partial charge in [-0.15, -0.1) is 0 Å². The zero-order valence-electron chi connectivity index (χ0n) is 12.1. The summed E-state index contributed by atoms with van der Waals surface area (Å²) in [6.07, 6.45) is 2.17. The van der Waals surface area contributed by atoms with Crippen molar-refractivity contribution in [2.75, 3.05) is 26.8 Å². The van der Waals surface area contributed by atoms with Crippen molar-refractivity contribution in [3.05, 3.63) is 34.9 Å². The molecule has 4 heteroatoms. The molecule has 0 spiro atoms. The number of halogens is 1. The van der Waals surface area contributed by atoms with E-state index in [1.165, 1.54) is 0 Å². The normalized spacial score (nSPS) is 18.2. The van der Waals surface area contributed by atoms with Crippen LogP contribution in [-0.4, -0.2) is 43.5 Å². The van der Waals surface area contributed by atoms with Crippen LogP contribution in [-0.2, 0) is 4.74 Å². The summed E-state index contributed by atoms with van der Waals surface area (Å²) in [4.78, 5) is 14.6. The van der Waals surface area contributed by atoms with Crippen LogP contribution in [0, 0.1) is 5.92 Å². The molecular weight excluding hydrogens is 274 g/mol. The summed E-state index contributed by atoms with van der Waals surface area (Å²) in [5.41, 5.74) is 0.684. The predicted octanol–water partition coefficient (Wildman–Crippen LogP) is 3.27. The van der Waals surface area contributed by atoms with Crippen LogP contribution in [0.5, 0.6) is 0 Å². The molecule has 1 aromatic carbocycles. The Morgan fingerprint density at radius 1 is 1.45 bits per heavy atom. The van der Waals surface area contributed by atoms with Crippen LogP contribution < -0.4 is 0 Å². The third-order valence-electron chi connectivity index (χ3n) is 4.04. The van der Waals surface area contributed by atoms with Crippen molar-refractivity contribution in [2.24, 2.45) is 5.92 Å². The van der Waals surface area contributed by atoms with Gasteiger partial charge in [-0.2, -0.15) is 0 Å². The topological polar surface area (TPSA) is 29.5 Å². The van der Waals surface area contributed by atoms with Crippen molar-refractivity contribution in [3.63, 3.8) is 0 Å². The first-order valence-corrected chi connectivity index (χ1v) is 7.53. The highest BCUT2D eigenvalue weighted by molar-refractivity contribution is 6.31. The number of ether oxygens (including phenoxy) is 1. The second kappa shape index (κ2) is 7.21. The van der Waals surface area contributed by atoms with Gasteiger partial charge in [0.2, 0.25) is 0 Å². The van der Waals surface area contributed by atoms with Gasteiger partial charge in [0.15, 0.2) is 5.78 Å². The Bertz CT molecular complexity index is 458. The highest BCUT2D eigenvalue weighted by Gasteiger charge is 2.23. The molecule has 2 rings (SSSR count). The van der Waals surface area contributed by atoms with E-state index in [1.807, 2.05) is 26.1 Å². The van der Waals surface area contributed by atoms with E-state index in [4.69, 9.17) is 16.3 Å². The highest BCUT2D eigenvalue weighted by Crippen LogP contribution is 2.18. The summed E-state index contributed by atoms with van der Waals surface area (Å²) < 4.78 is 5.37. The first kappa shape index (κ1) is 15.5. The van der Waals surface area contributed by atoms with E-state index in [2.05, 4.69) is 4.90 Å². The predicted molar refractivity (Wildman–Crippen MR) is 81.4 cm³/mol. The number of carbonyl (C=O) groups is 1. The number of nitrogens with zero attached hydrogens (tertiary/aromatic N) is 1. The quantitative estimate of drug-likeness (QED) is 0.781. The van der Waals surface area contributed by atoms with Gasteiger partial charge in [0, 0.05) is 30.3 Å². The molecule has 0 aromatic heterocycles. The Balaban J connectivity index is 1.95. The van der Waals surface area contributed by atoms with E-state index >= 15 is 0 Å². The lowest BCUT2D eigenvalue weighted by atomic mass is 9.98. The first-order valence-electron chi connectivity index (χ1n) is 7.15. The summed E-state index contributed by atoms with van der Waals surface area (Å²) in [6, 6.07) is 7.04. The second-order valence-corrected chi connectivity index (χ2v) is 5.98. The molecule has 1 aliphatic heterocycles. The number of carbonyl (C=O) groups excluding carboxylic acids is 1. The van der Waals surface area contributed by atoms with Crippen LogP contribution in [0.3, 0.4) is 0 Å². The number of Topliss-reactive ketones (excluding diaryl/α,β-unsaturated/α-hetero) is 1. The molecule has 0 aliphatic carbocycles. The average Bonchev–Trinajstić information content (AvgIpc) is 2.46. The van der Waals surface area contributed by atoms with Crippen LogP contribution in [0.2, 0.25) is 5.02 Å². The van der Waals surface area contributed by atoms with Crippen molar-refractivity contribution in [1.82, 2.24) is 4.90 Å². The fraction of sp³-hybridized carbons (Fsp3) is 0.562. The van der Waals surface area contributed by atoms with Crippen molar-refractivity contribution in [3.8, 4) is 0 Å². The maximum absolute atomic E-state index is 12.5. The van der Waals surface area contributed by atoms with Gasteiger partial charge in [-0.25, -0.2) is 0 Å². The van der Waals surface area contributed by atoms with Gasteiger partial charge < -0.3 is 4.74 Å². The van der Waals surface area contributed by atoms with Gasteiger partial charge in [0.25, 0.3) is 0 Å². The second-order valence-electron chi connectivity index (χ2n) is 5.55. The Kier molecular flexibility index (Phi) is 5.58. The first-order chi connectivity index (χ1) is 9.58. The molecule has 1 aliphatic rings. The van der Waals surface area contributed by atoms with Gasteiger partial charge in [-0.1, -0.05) is 23.7 Å². The van der Waals surface area contributed by atoms with Crippen LogP contribution in [0.1, 0.15) is 30.1 Å². The molecule has 1 heterocycles. The summed E-state index contributed by atoms with van der Waals surface area (Å²) in [7, 11) is 2.02. The number of likely N-dealkylation sites (N-methyl/N-ethyl adjacent to an activating group) is 1. The molecule has 1 saturated heterocycles. The SMILES string of the molecule is CC(C(=O)c1cccc(Cl)c1)N(C)CC1CCOCC1. The van der Waals surface area contributed by atoms with Crippen molar-refractivity contribution >= 4 is 17.4 Å². The molecule has 3 nitrogen and oxygen atoms in total. The zero-order valence-corrected chi connectivity index (χ0v) is 12.9. The van der Waals surface area contributed by atoms with E-state index in [9.17, 15) is 4.79 Å². The van der Waals surface area contributed by atoms with E-state index in [1.54, 1.807) is 12.1 Å². The Hall–Kier alpha value is -0.900. The molecule has 0 amide bonds. The molecule has 20 heavy (non-hydrogen) atoms. The minimum absolute atomic E-state index is 0.127. The maximum atomic E-state index is 12.5. The fourth-order valence-electron chi connectivity index (χ4n) is 2.58. The Morgan fingerprint density at radius 3 is 2.80 bits per heavy atom. The van der Waals surface area contributed by atoms with Crippen LogP contribution in [0.4, 0.5) is 0 Å². The lowest BCUT2D eigenvalue weighted by Gasteiger charge is -2.30. The molecule has 0 saturated carbocycles. The molecule has 1 unspecified atom stereocenters. The number of hydrogen-bond donors (Lipinski definition) is 0. The summed E-state index contributed by atoms with van der Waals surface area (Å²) >= 11 is 5.95. The van der Waals surface area contributed by atoms with Crippen molar-refractivity contribution in [2.45, 2.75) is 25.8 Å². The fourth-order valence-corrected chi connectivity index (χ4v) is 2.77. The summed E-state index contributed by atoms with van der Waals surface area (Å²) in [6.45, 7) is 4.59. The Labute approximate surface area is 125 Å². The molecule has 0 N–H and O–H groups in total. The van der Waals surface area contributed by atoms with Gasteiger partial charge in [0.05, 0.1) is 6.04 Å². The van der Waals surface area contributed by atoms with Gasteiger partial charge in [-0.05, 0) is 44.9 Å². The summed E-state index contributed by atoms with van der Waals surface area (Å²) in [5, 5.41) is 0.607. The molecular formula is C16H22ClNO2. The zero-order chi connectivity index (χ0) is 14.5. The molecule has 1 fully saturated rings. The van der Waals surface area contributed by atoms with Gasteiger partial charge >= 0.3 is 0 Å². The highest BCUT2D eigenvalue weighted by atomic mass is 35.5. The maximum Gasteiger partial charge on any atom is 0.179 e. The minimum Gasteiger partial charge on any atom is -0.381 e. The van der Waals surface area contributed by atoms with E-state index in [0.29, 0.717) is 16.5 Å². The average molecular weight is 296 g/mol. The van der Waals surface area contributed by atoms with Crippen LogP contribution >= 0.6 is 11.6 Å². The molecule has 0 bridgehead atoms. The van der Waals surface area contributed by atoms with Crippen molar-refractivity contribution < 1.29 is 9.53 Å². The third-order valence-corrected chi connectivity index (χ3v) is 4.27. The number of rotatable bonds is 5. The number of hydrogen-bond acceptors (Lipinski definition) is 3. The molecule has 110 valence electrons. The summed E-state index contributed by atoms with van der Waals surface area (Å²) in [5.74, 6) is 0.755. The standard InChI is InChI=1S/C16H22ClNO2/c1-12(16(19)14-4-3-5-15(17)10-14)18(2)11-13-6-8-20-9-7-13/h3-5,10,12-13H,6-9,11H2,1-2H3. The molecule has 1 atom stereocenters. The number of benzene rings is 1. The smallest absolute Gasteiger partial charge is 0.179 e. The van der Waals surface area contributed by atoms with Crippen LogP contribution in [0.25, 0.3) is 0 Å². The third kappa shape index (κ3) is 4.05. The number of ketones is 1. The van der Waals surface area contributed by atoms with E-state index < -0.39 is 0 Å². The monoisotopic (exact) mass is 295 g/mol. The molecule has 1 aromatic rings. The minimum atomic E-state index is -0.128. The lowest BCUT2D eigenvalue weighted by molar-refractivity contribution is 0.0497. The molecule has 0 radical (unpaired) electrons. The van der Waals surface area contributed by atoms with Gasteiger partial charge in [-0.3, -0.25) is 9.69 Å². The van der Waals surface area contributed by atoms with E-state index in [0.717, 1.165) is 32.6 Å². The van der Waals surface area contributed by atoms with Gasteiger partial charge in [0.1, 0.15) is 0 Å². The largest absolute Gasteiger partial charge is 0.381 e. The van der Waals surface area contributed by atoms with Crippen molar-refractivity contribution in [1.29, 1.82) is 0 Å². The van der Waals surface area contributed by atoms with Crippen LogP contribution in [0.15, 0.2) is 24.3 Å².